The second-order valence-electron chi connectivity index (χ2n) is 10.7. The smallest absolute Gasteiger partial charge is 0.323 e. The van der Waals surface area contributed by atoms with Crippen molar-refractivity contribution < 1.29 is 9.53 Å². The molecule has 4 N–H and O–H groups in total. The van der Waals surface area contributed by atoms with Gasteiger partial charge in [-0.2, -0.15) is 0 Å². The van der Waals surface area contributed by atoms with Crippen molar-refractivity contribution in [1.29, 1.82) is 0 Å². The Bertz CT molecular complexity index is 1210. The summed E-state index contributed by atoms with van der Waals surface area (Å²) < 4.78 is 5.63. The Labute approximate surface area is 235 Å². The molecule has 0 radical (unpaired) electrons. The van der Waals surface area contributed by atoms with E-state index in [0.717, 1.165) is 29.5 Å². The molecule has 38 heavy (non-hydrogen) atoms. The van der Waals surface area contributed by atoms with Gasteiger partial charge in [0.05, 0.1) is 11.9 Å². The first-order valence-corrected chi connectivity index (χ1v) is 13.5. The van der Waals surface area contributed by atoms with Crippen LogP contribution >= 0.6 is 23.2 Å². The lowest BCUT2D eigenvalue weighted by Crippen LogP contribution is -2.41. The zero-order valence-corrected chi connectivity index (χ0v) is 24.2. The van der Waals surface area contributed by atoms with E-state index in [-0.39, 0.29) is 17.8 Å². The van der Waals surface area contributed by atoms with Crippen LogP contribution in [-0.2, 0) is 22.6 Å². The first-order chi connectivity index (χ1) is 17.9. The summed E-state index contributed by atoms with van der Waals surface area (Å²) in [5.74, 6) is 1.02. The van der Waals surface area contributed by atoms with E-state index >= 15 is 0 Å². The van der Waals surface area contributed by atoms with Crippen LogP contribution in [0.25, 0.3) is 11.3 Å². The second kappa shape index (κ2) is 13.3. The number of esters is 1. The van der Waals surface area contributed by atoms with Gasteiger partial charge in [0.2, 0.25) is 0 Å². The molecule has 1 heterocycles. The minimum Gasteiger partial charge on any atom is -0.459 e. The number of nitrogens with zero attached hydrogens (tertiary/aromatic N) is 2. The Hall–Kier alpha value is -2.87. The van der Waals surface area contributed by atoms with Gasteiger partial charge in [0.15, 0.2) is 11.6 Å². The Balaban J connectivity index is 1.67. The van der Waals surface area contributed by atoms with Crippen molar-refractivity contribution in [2.45, 2.75) is 72.2 Å². The number of hydrogen-bond donors (Lipinski definition) is 3. The minimum absolute atomic E-state index is 0.218. The van der Waals surface area contributed by atoms with E-state index < -0.39 is 5.60 Å². The largest absolute Gasteiger partial charge is 0.459 e. The fourth-order valence-electron chi connectivity index (χ4n) is 3.75. The highest BCUT2D eigenvalue weighted by atomic mass is 35.5. The molecule has 0 unspecified atom stereocenters. The van der Waals surface area contributed by atoms with Gasteiger partial charge < -0.3 is 21.1 Å². The number of halogens is 2. The maximum atomic E-state index is 12.7. The lowest BCUT2D eigenvalue weighted by molar-refractivity contribution is -0.157. The highest BCUT2D eigenvalue weighted by Gasteiger charge is 2.25. The Morgan fingerprint density at radius 3 is 2.29 bits per heavy atom. The predicted octanol–water partition coefficient (Wildman–Crippen LogP) is 6.88. The molecule has 0 amide bonds. The van der Waals surface area contributed by atoms with E-state index in [1.165, 1.54) is 0 Å². The molecule has 0 fully saturated rings. The number of carbonyl (C=O) groups is 1. The molecule has 2 aromatic carbocycles. The first kappa shape index (κ1) is 29.7. The average molecular weight is 559 g/mol. The molecular formula is C29H37Cl2N5O2. The molecule has 1 atom stereocenters. The number of aromatic nitrogens is 2. The van der Waals surface area contributed by atoms with Crippen molar-refractivity contribution in [3.8, 4) is 11.3 Å². The fourth-order valence-corrected chi connectivity index (χ4v) is 4.28. The summed E-state index contributed by atoms with van der Waals surface area (Å²) in [7, 11) is 0. The molecule has 204 valence electrons. The quantitative estimate of drug-likeness (QED) is 0.221. The van der Waals surface area contributed by atoms with Gasteiger partial charge in [-0.25, -0.2) is 9.97 Å². The topological polar surface area (TPSA) is 102 Å². The van der Waals surface area contributed by atoms with Crippen LogP contribution < -0.4 is 16.4 Å². The van der Waals surface area contributed by atoms with Crippen molar-refractivity contribution in [3.63, 3.8) is 0 Å². The van der Waals surface area contributed by atoms with Gasteiger partial charge in [-0.3, -0.25) is 4.79 Å². The molecule has 0 aliphatic carbocycles. The standard InChI is InChI=1S/C29H37Cl2N5O2/c1-18(2)9-14-24(28(37)38-29(3,4)5)33-15-19-10-12-20(13-11-19)25-17-34-26(32)27(36-25)35-16-21-22(30)7-6-8-23(21)31/h6-8,10-13,17-18,24,33H,9,14-16H2,1-5H3,(H2,32,34)(H,35,36)/t24-/m0/s1. The van der Waals surface area contributed by atoms with Gasteiger partial charge >= 0.3 is 5.97 Å². The number of rotatable bonds is 11. The van der Waals surface area contributed by atoms with Gasteiger partial charge in [0.25, 0.3) is 0 Å². The van der Waals surface area contributed by atoms with E-state index in [1.54, 1.807) is 24.4 Å². The van der Waals surface area contributed by atoms with Crippen molar-refractivity contribution in [1.82, 2.24) is 15.3 Å². The highest BCUT2D eigenvalue weighted by Crippen LogP contribution is 2.27. The summed E-state index contributed by atoms with van der Waals surface area (Å²) >= 11 is 12.6. The number of carbonyl (C=O) groups excluding carboxylic acids is 1. The van der Waals surface area contributed by atoms with E-state index in [4.69, 9.17) is 33.7 Å². The summed E-state index contributed by atoms with van der Waals surface area (Å²) in [5, 5.41) is 7.70. The van der Waals surface area contributed by atoms with Crippen molar-refractivity contribution in [3.05, 3.63) is 69.8 Å². The zero-order valence-electron chi connectivity index (χ0n) is 22.6. The van der Waals surface area contributed by atoms with Crippen LogP contribution in [0.15, 0.2) is 48.7 Å². The van der Waals surface area contributed by atoms with E-state index in [1.807, 2.05) is 45.0 Å². The summed E-state index contributed by atoms with van der Waals surface area (Å²) in [6.07, 6.45) is 3.30. The summed E-state index contributed by atoms with van der Waals surface area (Å²) in [6.45, 7) is 10.9. The van der Waals surface area contributed by atoms with E-state index in [0.29, 0.717) is 40.6 Å². The second-order valence-corrected chi connectivity index (χ2v) is 11.5. The van der Waals surface area contributed by atoms with Crippen LogP contribution in [-0.4, -0.2) is 27.6 Å². The number of benzene rings is 2. The normalized spacial score (nSPS) is 12.4. The number of nitrogens with two attached hydrogens (primary N) is 1. The zero-order chi connectivity index (χ0) is 27.9. The summed E-state index contributed by atoms with van der Waals surface area (Å²) in [5.41, 5.74) is 8.91. The third-order valence-electron chi connectivity index (χ3n) is 5.82. The Kier molecular flexibility index (Phi) is 10.4. The molecule has 3 aromatic rings. The van der Waals surface area contributed by atoms with Gasteiger partial charge in [0.1, 0.15) is 11.6 Å². The lowest BCUT2D eigenvalue weighted by atomic mass is 10.0. The molecule has 0 spiro atoms. The minimum atomic E-state index is -0.524. The molecule has 0 bridgehead atoms. The van der Waals surface area contributed by atoms with Crippen LogP contribution in [0, 0.1) is 5.92 Å². The van der Waals surface area contributed by atoms with Crippen molar-refractivity contribution >= 4 is 40.8 Å². The third kappa shape index (κ3) is 8.86. The first-order valence-electron chi connectivity index (χ1n) is 12.8. The van der Waals surface area contributed by atoms with Gasteiger partial charge in [-0.1, -0.05) is 67.4 Å². The number of nitrogen functional groups attached to an aromatic ring is 1. The Morgan fingerprint density at radius 1 is 1.03 bits per heavy atom. The molecule has 0 saturated heterocycles. The highest BCUT2D eigenvalue weighted by molar-refractivity contribution is 6.36. The lowest BCUT2D eigenvalue weighted by Gasteiger charge is -2.25. The third-order valence-corrected chi connectivity index (χ3v) is 6.53. The SMILES string of the molecule is CC(C)CC[C@H](NCc1ccc(-c2cnc(N)c(NCc3c(Cl)cccc3Cl)n2)cc1)C(=O)OC(C)(C)C. The molecule has 7 nitrogen and oxygen atoms in total. The average Bonchev–Trinajstić information content (AvgIpc) is 2.84. The molecule has 9 heteroatoms. The molecule has 0 aliphatic rings. The molecule has 0 aliphatic heterocycles. The predicted molar refractivity (Wildman–Crippen MR) is 156 cm³/mol. The van der Waals surface area contributed by atoms with Gasteiger partial charge in [0, 0.05) is 34.3 Å². The maximum Gasteiger partial charge on any atom is 0.323 e. The van der Waals surface area contributed by atoms with E-state index in [9.17, 15) is 4.79 Å². The molecular weight excluding hydrogens is 521 g/mol. The monoisotopic (exact) mass is 557 g/mol. The number of anilines is 2. The van der Waals surface area contributed by atoms with Crippen LogP contribution in [0.1, 0.15) is 58.6 Å². The van der Waals surface area contributed by atoms with Crippen LogP contribution in [0.5, 0.6) is 0 Å². The van der Waals surface area contributed by atoms with Gasteiger partial charge in [-0.15, -0.1) is 0 Å². The van der Waals surface area contributed by atoms with E-state index in [2.05, 4.69) is 34.4 Å². The molecule has 3 rings (SSSR count). The number of nitrogens with one attached hydrogen (secondary N) is 2. The van der Waals surface area contributed by atoms with Crippen molar-refractivity contribution in [2.24, 2.45) is 5.92 Å². The van der Waals surface area contributed by atoms with Crippen molar-refractivity contribution in [2.75, 3.05) is 11.1 Å². The molecule has 1 aromatic heterocycles. The summed E-state index contributed by atoms with van der Waals surface area (Å²) in [4.78, 5) is 21.7. The van der Waals surface area contributed by atoms with Crippen LogP contribution in [0.3, 0.4) is 0 Å². The van der Waals surface area contributed by atoms with Gasteiger partial charge in [-0.05, 0) is 57.2 Å². The van der Waals surface area contributed by atoms with Crippen LogP contribution in [0.4, 0.5) is 11.6 Å². The maximum absolute atomic E-state index is 12.7. The van der Waals surface area contributed by atoms with Crippen LogP contribution in [0.2, 0.25) is 10.0 Å². The Morgan fingerprint density at radius 2 is 1.68 bits per heavy atom. The number of ether oxygens (including phenoxy) is 1. The molecule has 0 saturated carbocycles. The summed E-state index contributed by atoms with van der Waals surface area (Å²) in [6, 6.07) is 13.0. The number of hydrogen-bond acceptors (Lipinski definition) is 7. The fraction of sp³-hybridized carbons (Fsp3) is 0.414.